The molecule has 0 atom stereocenters. The van der Waals surface area contributed by atoms with Crippen LogP contribution in [0.5, 0.6) is 0 Å². The van der Waals surface area contributed by atoms with Crippen molar-refractivity contribution in [3.05, 3.63) is 76.0 Å². The Bertz CT molecular complexity index is 1100. The minimum absolute atomic E-state index is 0.152. The molecule has 136 valence electrons. The van der Waals surface area contributed by atoms with Crippen LogP contribution in [0.25, 0.3) is 10.2 Å². The van der Waals surface area contributed by atoms with Gasteiger partial charge in [0.15, 0.2) is 10.8 Å². The van der Waals surface area contributed by atoms with E-state index in [0.29, 0.717) is 17.4 Å². The van der Waals surface area contributed by atoms with Crippen LogP contribution in [0.15, 0.2) is 59.1 Å². The van der Waals surface area contributed by atoms with Gasteiger partial charge in [0.2, 0.25) is 0 Å². The largest absolute Gasteiger partial charge is 0.280 e. The second-order valence-electron chi connectivity index (χ2n) is 6.28. The van der Waals surface area contributed by atoms with Gasteiger partial charge in [0.1, 0.15) is 0 Å². The van der Waals surface area contributed by atoms with Crippen LogP contribution in [0.4, 0.5) is 5.13 Å². The molecule has 0 aliphatic carbocycles. The number of aromatic nitrogens is 3. The summed E-state index contributed by atoms with van der Waals surface area (Å²) in [5.41, 5.74) is 3.28. The highest BCUT2D eigenvalue weighted by Gasteiger charge is 2.24. The number of thiazole rings is 1. The molecule has 5 nitrogen and oxygen atoms in total. The average Bonchev–Trinajstić information content (AvgIpc) is 3.23. The van der Waals surface area contributed by atoms with Crippen molar-refractivity contribution in [3.8, 4) is 0 Å². The van der Waals surface area contributed by atoms with E-state index >= 15 is 0 Å². The minimum Gasteiger partial charge on any atom is -0.278 e. The fraction of sp³-hybridized carbons (Fsp3) is 0.150. The van der Waals surface area contributed by atoms with Crippen LogP contribution in [-0.2, 0) is 13.6 Å². The number of amides is 1. The summed E-state index contributed by atoms with van der Waals surface area (Å²) in [5.74, 6) is -0.152. The van der Waals surface area contributed by atoms with E-state index in [0.717, 1.165) is 25.9 Å². The molecule has 0 aliphatic rings. The molecular formula is C20H17BrN4OS. The van der Waals surface area contributed by atoms with Crippen LogP contribution in [0.3, 0.4) is 0 Å². The predicted octanol–water partition coefficient (Wildman–Crippen LogP) is 4.95. The Morgan fingerprint density at radius 2 is 1.96 bits per heavy atom. The molecule has 0 aliphatic heterocycles. The topological polar surface area (TPSA) is 51.0 Å². The van der Waals surface area contributed by atoms with E-state index in [-0.39, 0.29) is 5.91 Å². The zero-order valence-corrected chi connectivity index (χ0v) is 17.3. The van der Waals surface area contributed by atoms with Gasteiger partial charge in [-0.05, 0) is 36.8 Å². The molecule has 0 saturated heterocycles. The molecule has 7 heteroatoms. The molecule has 0 radical (unpaired) electrons. The number of halogens is 1. The van der Waals surface area contributed by atoms with Crippen molar-refractivity contribution in [1.82, 2.24) is 14.8 Å². The van der Waals surface area contributed by atoms with Gasteiger partial charge in [-0.25, -0.2) is 4.98 Å². The number of rotatable bonds is 4. The first-order valence-corrected chi connectivity index (χ1v) is 10.0. The molecule has 0 N–H and O–H groups in total. The quantitative estimate of drug-likeness (QED) is 0.451. The predicted molar refractivity (Wildman–Crippen MR) is 112 cm³/mol. The van der Waals surface area contributed by atoms with E-state index < -0.39 is 0 Å². The van der Waals surface area contributed by atoms with Crippen LogP contribution in [0.2, 0.25) is 0 Å². The standard InChI is InChI=1S/C20H17BrN4OS/c1-13-10-17(23-24(13)2)19(26)25(12-14-6-4-3-5-7-14)20-22-16-9-8-15(21)11-18(16)27-20/h3-11H,12H2,1-2H3. The van der Waals surface area contributed by atoms with E-state index in [4.69, 9.17) is 4.98 Å². The van der Waals surface area contributed by atoms with Crippen molar-refractivity contribution in [2.45, 2.75) is 13.5 Å². The summed E-state index contributed by atoms with van der Waals surface area (Å²) in [5, 5.41) is 5.03. The lowest BCUT2D eigenvalue weighted by Crippen LogP contribution is -2.30. The summed E-state index contributed by atoms with van der Waals surface area (Å²) in [6.07, 6.45) is 0. The molecule has 27 heavy (non-hydrogen) atoms. The zero-order valence-electron chi connectivity index (χ0n) is 14.9. The summed E-state index contributed by atoms with van der Waals surface area (Å²) in [7, 11) is 1.84. The van der Waals surface area contributed by atoms with Crippen LogP contribution in [-0.4, -0.2) is 20.7 Å². The van der Waals surface area contributed by atoms with Crippen molar-refractivity contribution in [2.75, 3.05) is 4.90 Å². The van der Waals surface area contributed by atoms with Gasteiger partial charge in [-0.2, -0.15) is 5.10 Å². The van der Waals surface area contributed by atoms with Gasteiger partial charge in [-0.3, -0.25) is 14.4 Å². The van der Waals surface area contributed by atoms with Gasteiger partial charge in [-0.1, -0.05) is 57.6 Å². The maximum absolute atomic E-state index is 13.3. The van der Waals surface area contributed by atoms with Gasteiger partial charge >= 0.3 is 0 Å². The van der Waals surface area contributed by atoms with E-state index in [2.05, 4.69) is 21.0 Å². The maximum Gasteiger partial charge on any atom is 0.280 e. The number of hydrogen-bond acceptors (Lipinski definition) is 4. The number of benzene rings is 2. The zero-order chi connectivity index (χ0) is 19.0. The Balaban J connectivity index is 1.77. The lowest BCUT2D eigenvalue weighted by Gasteiger charge is -2.19. The molecule has 4 rings (SSSR count). The molecule has 2 aromatic heterocycles. The first-order chi connectivity index (χ1) is 13.0. The number of fused-ring (bicyclic) bond motifs is 1. The molecule has 0 spiro atoms. The Morgan fingerprint density at radius 1 is 1.19 bits per heavy atom. The van der Waals surface area contributed by atoms with Gasteiger partial charge < -0.3 is 0 Å². The summed E-state index contributed by atoms with van der Waals surface area (Å²) in [6.45, 7) is 2.37. The van der Waals surface area contributed by atoms with Gasteiger partial charge in [0.25, 0.3) is 5.91 Å². The number of anilines is 1. The fourth-order valence-corrected chi connectivity index (χ4v) is 4.31. The number of nitrogens with zero attached hydrogens (tertiary/aromatic N) is 4. The summed E-state index contributed by atoms with van der Waals surface area (Å²) >= 11 is 5.00. The van der Waals surface area contributed by atoms with E-state index in [1.54, 1.807) is 9.58 Å². The molecule has 2 heterocycles. The number of carbonyl (C=O) groups excluding carboxylic acids is 1. The monoisotopic (exact) mass is 440 g/mol. The van der Waals surface area contributed by atoms with E-state index in [1.807, 2.05) is 68.6 Å². The van der Waals surface area contributed by atoms with E-state index in [1.165, 1.54) is 11.3 Å². The molecule has 0 bridgehead atoms. The normalized spacial score (nSPS) is 11.1. The van der Waals surface area contributed by atoms with E-state index in [9.17, 15) is 4.79 Å². The summed E-state index contributed by atoms with van der Waals surface area (Å²) in [4.78, 5) is 19.7. The molecule has 0 fully saturated rings. The third-order valence-electron chi connectivity index (χ3n) is 4.33. The van der Waals surface area contributed by atoms with Crippen molar-refractivity contribution in [1.29, 1.82) is 0 Å². The van der Waals surface area contributed by atoms with Crippen molar-refractivity contribution < 1.29 is 4.79 Å². The summed E-state index contributed by atoms with van der Waals surface area (Å²) < 4.78 is 3.73. The second-order valence-corrected chi connectivity index (χ2v) is 8.20. The smallest absolute Gasteiger partial charge is 0.278 e. The van der Waals surface area contributed by atoms with Crippen LogP contribution in [0, 0.1) is 6.92 Å². The Kier molecular flexibility index (Phi) is 4.80. The van der Waals surface area contributed by atoms with Crippen LogP contribution in [0.1, 0.15) is 21.7 Å². The second kappa shape index (κ2) is 7.25. The number of carbonyl (C=O) groups is 1. The number of hydrogen-bond donors (Lipinski definition) is 0. The van der Waals surface area contributed by atoms with Gasteiger partial charge in [0.05, 0.1) is 16.8 Å². The van der Waals surface area contributed by atoms with Crippen molar-refractivity contribution in [3.63, 3.8) is 0 Å². The molecule has 1 amide bonds. The summed E-state index contributed by atoms with van der Waals surface area (Å²) in [6, 6.07) is 17.7. The molecule has 0 unspecified atom stereocenters. The maximum atomic E-state index is 13.3. The van der Waals surface area contributed by atoms with Crippen LogP contribution < -0.4 is 4.90 Å². The third-order valence-corrected chi connectivity index (χ3v) is 5.87. The fourth-order valence-electron chi connectivity index (χ4n) is 2.80. The van der Waals surface area contributed by atoms with Gasteiger partial charge in [0, 0.05) is 17.2 Å². The van der Waals surface area contributed by atoms with Crippen LogP contribution >= 0.6 is 27.3 Å². The average molecular weight is 441 g/mol. The molecule has 2 aromatic carbocycles. The Labute approximate surface area is 169 Å². The molecule has 0 saturated carbocycles. The SMILES string of the molecule is Cc1cc(C(=O)N(Cc2ccccc2)c2nc3ccc(Br)cc3s2)nn1C. The highest BCUT2D eigenvalue weighted by molar-refractivity contribution is 9.10. The van der Waals surface area contributed by atoms with Crippen molar-refractivity contribution >= 4 is 48.5 Å². The van der Waals surface area contributed by atoms with Gasteiger partial charge in [-0.15, -0.1) is 0 Å². The third kappa shape index (κ3) is 3.65. The molecular weight excluding hydrogens is 424 g/mol. The first kappa shape index (κ1) is 17.9. The number of aryl methyl sites for hydroxylation is 2. The Morgan fingerprint density at radius 3 is 2.67 bits per heavy atom. The minimum atomic E-state index is -0.152. The lowest BCUT2D eigenvalue weighted by molar-refractivity contribution is 0.0979. The Hall–Kier alpha value is -2.51. The highest BCUT2D eigenvalue weighted by atomic mass is 79.9. The lowest BCUT2D eigenvalue weighted by atomic mass is 10.2. The molecule has 4 aromatic rings. The van der Waals surface area contributed by atoms with Crippen molar-refractivity contribution in [2.24, 2.45) is 7.05 Å². The highest BCUT2D eigenvalue weighted by Crippen LogP contribution is 2.32. The first-order valence-electron chi connectivity index (χ1n) is 8.44.